The number of benzene rings is 1. The Morgan fingerprint density at radius 3 is 2.48 bits per heavy atom. The monoisotopic (exact) mass is 371 g/mol. The molecule has 0 bridgehead atoms. The highest BCUT2D eigenvalue weighted by Crippen LogP contribution is 2.40. The molecule has 2 amide bonds. The molecule has 0 radical (unpaired) electrons. The largest absolute Gasteiger partial charge is 0.341 e. The zero-order valence-electron chi connectivity index (χ0n) is 16.7. The summed E-state index contributed by atoms with van der Waals surface area (Å²) in [6.45, 7) is 7.13. The zero-order valence-corrected chi connectivity index (χ0v) is 16.7. The maximum absolute atomic E-state index is 12.7. The topological polar surface area (TPSA) is 66.6 Å². The van der Waals surface area contributed by atoms with Crippen LogP contribution in [0.2, 0.25) is 0 Å². The third-order valence-electron chi connectivity index (χ3n) is 6.64. The molecule has 2 N–H and O–H groups in total. The first kappa shape index (κ1) is 19.9. The minimum Gasteiger partial charge on any atom is -0.341 e. The zero-order chi connectivity index (χ0) is 19.4. The summed E-state index contributed by atoms with van der Waals surface area (Å²) in [5.41, 5.74) is 7.48. The molecule has 5 heteroatoms. The summed E-state index contributed by atoms with van der Waals surface area (Å²) in [4.78, 5) is 29.1. The molecule has 0 aromatic heterocycles. The van der Waals surface area contributed by atoms with Gasteiger partial charge in [0.05, 0.1) is 6.04 Å². The normalized spacial score (nSPS) is 22.0. The molecule has 2 aliphatic rings. The average Bonchev–Trinajstić information content (AvgIpc) is 2.70. The quantitative estimate of drug-likeness (QED) is 0.865. The molecule has 2 atom stereocenters. The highest BCUT2D eigenvalue weighted by Gasteiger charge is 2.42. The molecule has 2 heterocycles. The lowest BCUT2D eigenvalue weighted by Gasteiger charge is -2.48. The third-order valence-corrected chi connectivity index (χ3v) is 6.64. The molecule has 2 saturated heterocycles. The van der Waals surface area contributed by atoms with E-state index in [2.05, 4.69) is 19.1 Å². The number of likely N-dealkylation sites (tertiary alicyclic amines) is 2. The van der Waals surface area contributed by atoms with Gasteiger partial charge in [-0.25, -0.2) is 0 Å². The van der Waals surface area contributed by atoms with Crippen molar-refractivity contribution in [2.45, 2.75) is 58.5 Å². The second kappa shape index (κ2) is 8.42. The summed E-state index contributed by atoms with van der Waals surface area (Å²) in [7, 11) is 0. The van der Waals surface area contributed by atoms with Crippen LogP contribution in [0.5, 0.6) is 0 Å². The van der Waals surface area contributed by atoms with Crippen LogP contribution in [0, 0.1) is 11.3 Å². The first-order valence-electron chi connectivity index (χ1n) is 10.3. The summed E-state index contributed by atoms with van der Waals surface area (Å²) in [6, 6.07) is 9.79. The Labute approximate surface area is 162 Å². The van der Waals surface area contributed by atoms with Crippen molar-refractivity contribution in [3.8, 4) is 0 Å². The van der Waals surface area contributed by atoms with Gasteiger partial charge in [-0.1, -0.05) is 50.6 Å². The average molecular weight is 372 g/mol. The number of carbonyl (C=O) groups excluding carboxylic acids is 2. The van der Waals surface area contributed by atoms with Gasteiger partial charge in [-0.3, -0.25) is 9.59 Å². The highest BCUT2D eigenvalue weighted by atomic mass is 16.2. The lowest BCUT2D eigenvalue weighted by molar-refractivity contribution is -0.144. The van der Waals surface area contributed by atoms with Crippen LogP contribution >= 0.6 is 0 Å². The fourth-order valence-electron chi connectivity index (χ4n) is 4.37. The number of carbonyl (C=O) groups is 2. The molecule has 2 fully saturated rings. The molecule has 1 spiro atoms. The van der Waals surface area contributed by atoms with Gasteiger partial charge in [-0.15, -0.1) is 0 Å². The van der Waals surface area contributed by atoms with E-state index in [1.54, 1.807) is 0 Å². The lowest BCUT2D eigenvalue weighted by Crippen LogP contribution is -2.55. The van der Waals surface area contributed by atoms with E-state index in [1.807, 2.05) is 34.9 Å². The van der Waals surface area contributed by atoms with E-state index < -0.39 is 6.04 Å². The minimum absolute atomic E-state index is 0.0900. The summed E-state index contributed by atoms with van der Waals surface area (Å²) in [5.74, 6) is 0.552. The molecular formula is C22H33N3O2. The van der Waals surface area contributed by atoms with Crippen LogP contribution in [0.1, 0.15) is 51.5 Å². The highest BCUT2D eigenvalue weighted by molar-refractivity contribution is 5.82. The number of nitrogens with two attached hydrogens (primary N) is 1. The molecule has 1 aromatic carbocycles. The van der Waals surface area contributed by atoms with Gasteiger partial charge in [0.1, 0.15) is 0 Å². The molecule has 3 rings (SSSR count). The first-order valence-corrected chi connectivity index (χ1v) is 10.3. The van der Waals surface area contributed by atoms with Crippen molar-refractivity contribution in [3.63, 3.8) is 0 Å². The second-order valence-corrected chi connectivity index (χ2v) is 8.47. The molecule has 0 aliphatic carbocycles. The Bertz CT molecular complexity index is 653. The van der Waals surface area contributed by atoms with Gasteiger partial charge in [-0.2, -0.15) is 0 Å². The third kappa shape index (κ3) is 4.52. The molecule has 27 heavy (non-hydrogen) atoms. The number of amides is 2. The standard InChI is InChI=1S/C22H33N3O2/c1-3-17(2)20(23)21(27)24-13-11-22(12-14-24)10-9-19(26)25(16-22)15-18-7-5-4-6-8-18/h4-8,17,20H,3,9-16,23H2,1-2H3/t17-,20-/m0/s1. The van der Waals surface area contributed by atoms with E-state index in [-0.39, 0.29) is 23.1 Å². The SMILES string of the molecule is CC[C@H](C)[C@H](N)C(=O)N1CCC2(CCC(=O)N(Cc3ccccc3)C2)CC1. The summed E-state index contributed by atoms with van der Waals surface area (Å²) in [6.07, 6.45) is 4.40. The van der Waals surface area contributed by atoms with E-state index in [9.17, 15) is 9.59 Å². The molecule has 148 valence electrons. The maximum atomic E-state index is 12.7. The van der Waals surface area contributed by atoms with E-state index in [0.29, 0.717) is 13.0 Å². The Morgan fingerprint density at radius 1 is 1.19 bits per heavy atom. The fraction of sp³-hybridized carbons (Fsp3) is 0.636. The van der Waals surface area contributed by atoms with Gasteiger partial charge in [0.15, 0.2) is 0 Å². The predicted octanol–water partition coefficient (Wildman–Crippen LogP) is 2.79. The van der Waals surface area contributed by atoms with Crippen LogP contribution in [0.4, 0.5) is 0 Å². The Kier molecular flexibility index (Phi) is 6.20. The summed E-state index contributed by atoms with van der Waals surface area (Å²) >= 11 is 0. The van der Waals surface area contributed by atoms with Crippen molar-refractivity contribution >= 4 is 11.8 Å². The number of piperidine rings is 2. The second-order valence-electron chi connectivity index (χ2n) is 8.47. The van der Waals surface area contributed by atoms with Crippen LogP contribution in [0.3, 0.4) is 0 Å². The molecule has 0 unspecified atom stereocenters. The van der Waals surface area contributed by atoms with Crippen LogP contribution < -0.4 is 5.73 Å². The van der Waals surface area contributed by atoms with Gasteiger partial charge in [0.25, 0.3) is 0 Å². The predicted molar refractivity (Wildman–Crippen MR) is 107 cm³/mol. The molecule has 2 aliphatic heterocycles. The molecule has 5 nitrogen and oxygen atoms in total. The van der Waals surface area contributed by atoms with Crippen molar-refractivity contribution in [3.05, 3.63) is 35.9 Å². The van der Waals surface area contributed by atoms with Crippen LogP contribution in [-0.4, -0.2) is 47.3 Å². The van der Waals surface area contributed by atoms with E-state index >= 15 is 0 Å². The molecular weight excluding hydrogens is 338 g/mol. The first-order chi connectivity index (χ1) is 12.9. The molecule has 1 aromatic rings. The summed E-state index contributed by atoms with van der Waals surface area (Å²) in [5, 5.41) is 0. The number of hydrogen-bond donors (Lipinski definition) is 1. The van der Waals surface area contributed by atoms with Crippen molar-refractivity contribution in [1.82, 2.24) is 9.80 Å². The number of nitrogens with zero attached hydrogens (tertiary/aromatic N) is 2. The van der Waals surface area contributed by atoms with Gasteiger partial charge < -0.3 is 15.5 Å². The van der Waals surface area contributed by atoms with Crippen molar-refractivity contribution < 1.29 is 9.59 Å². The summed E-state index contributed by atoms with van der Waals surface area (Å²) < 4.78 is 0. The fourth-order valence-corrected chi connectivity index (χ4v) is 4.37. The van der Waals surface area contributed by atoms with Crippen molar-refractivity contribution in [2.75, 3.05) is 19.6 Å². The van der Waals surface area contributed by atoms with E-state index in [0.717, 1.165) is 45.3 Å². The van der Waals surface area contributed by atoms with Crippen LogP contribution in [0.15, 0.2) is 30.3 Å². The van der Waals surface area contributed by atoms with E-state index in [4.69, 9.17) is 5.73 Å². The molecule has 0 saturated carbocycles. The number of rotatable bonds is 5. The maximum Gasteiger partial charge on any atom is 0.239 e. The van der Waals surface area contributed by atoms with Crippen molar-refractivity contribution in [1.29, 1.82) is 0 Å². The minimum atomic E-state index is -0.397. The lowest BCUT2D eigenvalue weighted by atomic mass is 9.72. The van der Waals surface area contributed by atoms with Gasteiger partial charge in [0, 0.05) is 32.6 Å². The Morgan fingerprint density at radius 2 is 1.85 bits per heavy atom. The van der Waals surface area contributed by atoms with Gasteiger partial charge in [0.2, 0.25) is 11.8 Å². The number of hydrogen-bond acceptors (Lipinski definition) is 3. The van der Waals surface area contributed by atoms with Crippen molar-refractivity contribution in [2.24, 2.45) is 17.1 Å². The van der Waals surface area contributed by atoms with Crippen LogP contribution in [0.25, 0.3) is 0 Å². The van der Waals surface area contributed by atoms with Crippen LogP contribution in [-0.2, 0) is 16.1 Å². The Balaban J connectivity index is 1.60. The van der Waals surface area contributed by atoms with E-state index in [1.165, 1.54) is 5.56 Å². The smallest absolute Gasteiger partial charge is 0.239 e. The van der Waals surface area contributed by atoms with Gasteiger partial charge >= 0.3 is 0 Å². The van der Waals surface area contributed by atoms with Gasteiger partial charge in [-0.05, 0) is 36.2 Å². The Hall–Kier alpha value is -1.88.